The molecule has 0 radical (unpaired) electrons. The Morgan fingerprint density at radius 2 is 1.75 bits per heavy atom. The molecule has 0 fully saturated rings. The van der Waals surface area contributed by atoms with Crippen LogP contribution < -0.4 is 10.1 Å². The molecule has 3 nitrogen and oxygen atoms in total. The molecular weight excluding hydrogens is 318 g/mol. The minimum atomic E-state index is 0.00988. The number of hydrogen-bond acceptors (Lipinski definition) is 3. The SMILES string of the molecule is O=C(CCCOc1ccccc1)Nc1ccccc1-c1cccs1. The molecular formula is C20H19NO2S. The molecule has 24 heavy (non-hydrogen) atoms. The minimum absolute atomic E-state index is 0.00988. The van der Waals surface area contributed by atoms with Crippen LogP contribution in [-0.4, -0.2) is 12.5 Å². The number of ether oxygens (including phenoxy) is 1. The molecule has 3 rings (SSSR count). The second-order valence-electron chi connectivity index (χ2n) is 5.34. The number of rotatable bonds is 7. The number of amides is 1. The van der Waals surface area contributed by atoms with Crippen molar-refractivity contribution >= 4 is 22.9 Å². The van der Waals surface area contributed by atoms with Gasteiger partial charge in [-0.3, -0.25) is 4.79 Å². The molecule has 0 atom stereocenters. The molecule has 1 amide bonds. The molecule has 1 heterocycles. The maximum Gasteiger partial charge on any atom is 0.224 e. The van der Waals surface area contributed by atoms with E-state index in [9.17, 15) is 4.79 Å². The topological polar surface area (TPSA) is 38.3 Å². The third-order valence-electron chi connectivity index (χ3n) is 3.55. The highest BCUT2D eigenvalue weighted by Gasteiger charge is 2.08. The summed E-state index contributed by atoms with van der Waals surface area (Å²) in [5.74, 6) is 0.844. The maximum atomic E-state index is 12.2. The summed E-state index contributed by atoms with van der Waals surface area (Å²) in [6.45, 7) is 0.532. The van der Waals surface area contributed by atoms with Gasteiger partial charge < -0.3 is 10.1 Å². The maximum absolute atomic E-state index is 12.2. The third kappa shape index (κ3) is 4.46. The van der Waals surface area contributed by atoms with E-state index < -0.39 is 0 Å². The highest BCUT2D eigenvalue weighted by atomic mass is 32.1. The van der Waals surface area contributed by atoms with Crippen LogP contribution in [0.25, 0.3) is 10.4 Å². The average molecular weight is 337 g/mol. The van der Waals surface area contributed by atoms with Crippen LogP contribution in [-0.2, 0) is 4.79 Å². The Hall–Kier alpha value is -2.59. The van der Waals surface area contributed by atoms with Crippen LogP contribution in [0.1, 0.15) is 12.8 Å². The minimum Gasteiger partial charge on any atom is -0.494 e. The van der Waals surface area contributed by atoms with Crippen molar-refractivity contribution in [3.8, 4) is 16.2 Å². The Labute approximate surface area is 145 Å². The summed E-state index contributed by atoms with van der Waals surface area (Å²) < 4.78 is 5.61. The molecule has 122 valence electrons. The van der Waals surface area contributed by atoms with E-state index in [1.807, 2.05) is 66.0 Å². The molecule has 2 aromatic carbocycles. The number of benzene rings is 2. The fourth-order valence-corrected chi connectivity index (χ4v) is 3.16. The van der Waals surface area contributed by atoms with Crippen LogP contribution in [0.2, 0.25) is 0 Å². The molecule has 1 aromatic heterocycles. The van der Waals surface area contributed by atoms with E-state index in [1.165, 1.54) is 0 Å². The van der Waals surface area contributed by atoms with Crippen molar-refractivity contribution < 1.29 is 9.53 Å². The van der Waals surface area contributed by atoms with Gasteiger partial charge in [0.2, 0.25) is 5.91 Å². The zero-order valence-electron chi connectivity index (χ0n) is 13.3. The van der Waals surface area contributed by atoms with Crippen molar-refractivity contribution in [3.05, 3.63) is 72.1 Å². The summed E-state index contributed by atoms with van der Waals surface area (Å²) in [5, 5.41) is 5.05. The molecule has 0 bridgehead atoms. The largest absolute Gasteiger partial charge is 0.494 e. The summed E-state index contributed by atoms with van der Waals surface area (Å²) >= 11 is 1.67. The highest BCUT2D eigenvalue weighted by Crippen LogP contribution is 2.31. The highest BCUT2D eigenvalue weighted by molar-refractivity contribution is 7.13. The van der Waals surface area contributed by atoms with Crippen LogP contribution in [0.4, 0.5) is 5.69 Å². The van der Waals surface area contributed by atoms with Gasteiger partial charge in [0, 0.05) is 22.5 Å². The standard InChI is InChI=1S/C20H19NO2S/c22-20(13-6-14-23-16-8-2-1-3-9-16)21-18-11-5-4-10-17(18)19-12-7-15-24-19/h1-5,7-12,15H,6,13-14H2,(H,21,22). The van der Waals surface area contributed by atoms with Gasteiger partial charge in [0.05, 0.1) is 6.61 Å². The number of carbonyl (C=O) groups excluding carboxylic acids is 1. The Balaban J connectivity index is 1.51. The molecule has 3 aromatic rings. The number of thiophene rings is 1. The van der Waals surface area contributed by atoms with Crippen molar-refractivity contribution in [2.24, 2.45) is 0 Å². The van der Waals surface area contributed by atoms with Crippen LogP contribution in [0.3, 0.4) is 0 Å². The smallest absolute Gasteiger partial charge is 0.224 e. The number of carbonyl (C=O) groups is 1. The zero-order valence-corrected chi connectivity index (χ0v) is 14.1. The van der Waals surface area contributed by atoms with Gasteiger partial charge in [0.25, 0.3) is 0 Å². The van der Waals surface area contributed by atoms with Crippen LogP contribution in [0.5, 0.6) is 5.75 Å². The van der Waals surface area contributed by atoms with Gasteiger partial charge in [0.1, 0.15) is 5.75 Å². The molecule has 4 heteroatoms. The second-order valence-corrected chi connectivity index (χ2v) is 6.28. The normalized spacial score (nSPS) is 10.3. The van der Waals surface area contributed by atoms with E-state index in [0.717, 1.165) is 21.9 Å². The summed E-state index contributed by atoms with van der Waals surface area (Å²) in [6, 6.07) is 21.6. The predicted octanol–water partition coefficient (Wildman–Crippen LogP) is 5.21. The first-order valence-electron chi connectivity index (χ1n) is 7.93. The Kier molecular flexibility index (Phi) is 5.64. The molecule has 0 aliphatic rings. The lowest BCUT2D eigenvalue weighted by Crippen LogP contribution is -2.13. The van der Waals surface area contributed by atoms with Gasteiger partial charge in [0.15, 0.2) is 0 Å². The van der Waals surface area contributed by atoms with E-state index in [4.69, 9.17) is 4.74 Å². The second kappa shape index (κ2) is 8.31. The first-order valence-corrected chi connectivity index (χ1v) is 8.81. The van der Waals surface area contributed by atoms with E-state index >= 15 is 0 Å². The quantitative estimate of drug-likeness (QED) is 0.601. The van der Waals surface area contributed by atoms with Gasteiger partial charge >= 0.3 is 0 Å². The fourth-order valence-electron chi connectivity index (χ4n) is 2.39. The molecule has 0 saturated carbocycles. The predicted molar refractivity (Wildman–Crippen MR) is 99.6 cm³/mol. The van der Waals surface area contributed by atoms with Gasteiger partial charge in [-0.25, -0.2) is 0 Å². The monoisotopic (exact) mass is 337 g/mol. The van der Waals surface area contributed by atoms with Crippen LogP contribution in [0, 0.1) is 0 Å². The third-order valence-corrected chi connectivity index (χ3v) is 4.45. The molecule has 1 N–H and O–H groups in total. The van der Waals surface area contributed by atoms with E-state index in [0.29, 0.717) is 19.4 Å². The Morgan fingerprint density at radius 3 is 2.54 bits per heavy atom. The number of nitrogens with one attached hydrogen (secondary N) is 1. The van der Waals surface area contributed by atoms with Gasteiger partial charge in [-0.05, 0) is 36.1 Å². The first-order chi connectivity index (χ1) is 11.8. The number of hydrogen-bond donors (Lipinski definition) is 1. The Morgan fingerprint density at radius 1 is 0.958 bits per heavy atom. The lowest BCUT2D eigenvalue weighted by molar-refractivity contribution is -0.116. The first kappa shape index (κ1) is 16.3. The summed E-state index contributed by atoms with van der Waals surface area (Å²) in [6.07, 6.45) is 1.12. The fraction of sp³-hybridized carbons (Fsp3) is 0.150. The Bertz CT molecular complexity index is 769. The van der Waals surface area contributed by atoms with Crippen molar-refractivity contribution in [1.82, 2.24) is 0 Å². The van der Waals surface area contributed by atoms with Gasteiger partial charge in [-0.15, -0.1) is 11.3 Å². The van der Waals surface area contributed by atoms with Crippen LogP contribution >= 0.6 is 11.3 Å². The number of para-hydroxylation sites is 2. The van der Waals surface area contributed by atoms with Crippen molar-refractivity contribution in [2.45, 2.75) is 12.8 Å². The molecule has 0 aliphatic carbocycles. The van der Waals surface area contributed by atoms with Crippen molar-refractivity contribution in [3.63, 3.8) is 0 Å². The van der Waals surface area contributed by atoms with Crippen LogP contribution in [0.15, 0.2) is 72.1 Å². The molecule has 0 aliphatic heterocycles. The zero-order chi connectivity index (χ0) is 16.6. The summed E-state index contributed by atoms with van der Waals surface area (Å²) in [4.78, 5) is 13.3. The lowest BCUT2D eigenvalue weighted by atomic mass is 10.1. The van der Waals surface area contributed by atoms with E-state index in [1.54, 1.807) is 11.3 Å². The van der Waals surface area contributed by atoms with E-state index in [-0.39, 0.29) is 5.91 Å². The average Bonchev–Trinajstić information content (AvgIpc) is 3.15. The lowest BCUT2D eigenvalue weighted by Gasteiger charge is -2.10. The van der Waals surface area contributed by atoms with Crippen molar-refractivity contribution in [2.75, 3.05) is 11.9 Å². The number of anilines is 1. The van der Waals surface area contributed by atoms with Crippen molar-refractivity contribution in [1.29, 1.82) is 0 Å². The molecule has 0 spiro atoms. The van der Waals surface area contributed by atoms with Gasteiger partial charge in [-0.2, -0.15) is 0 Å². The van der Waals surface area contributed by atoms with Gasteiger partial charge in [-0.1, -0.05) is 42.5 Å². The molecule has 0 unspecified atom stereocenters. The summed E-state index contributed by atoms with van der Waals surface area (Å²) in [5.41, 5.74) is 1.91. The van der Waals surface area contributed by atoms with E-state index in [2.05, 4.69) is 11.4 Å². The molecule has 0 saturated heterocycles. The summed E-state index contributed by atoms with van der Waals surface area (Å²) in [7, 11) is 0.